The highest BCUT2D eigenvalue weighted by molar-refractivity contribution is 7.09. The first-order valence-electron chi connectivity index (χ1n) is 20.3. The second kappa shape index (κ2) is 21.2. The van der Waals surface area contributed by atoms with E-state index in [-0.39, 0.29) is 72.5 Å². The average Bonchev–Trinajstić information content (AvgIpc) is 3.69. The van der Waals surface area contributed by atoms with E-state index in [2.05, 4.69) is 15.2 Å². The summed E-state index contributed by atoms with van der Waals surface area (Å²) in [7, 11) is 1.97. The fraction of sp³-hybridized carbons (Fsp3) is 0.568. The summed E-state index contributed by atoms with van der Waals surface area (Å²) in [5.41, 5.74) is 0.583. The standard InChI is InChI=1S/C44H59F3N4O6S/c1-7-28(4)34(23-38(52)36-15-11-12-20-50(36)6)42(55)51(25-31-13-9-8-10-14-31)37(27(2)3)24-39(53)41-49-35(26-58-41)40(54)48-33(21-29(5)43(56)57)22-30-16-18-32(19-17-30)44(45,46)47/h8-10,13-14,16-19,26-29,33-34,36-37,39,53H,7,11-12,15,20-25H2,1-6H3,(H,48,54)(H,56,57)/t28?,29-,33+,34?,36?,37+,39+/m0/s1. The Labute approximate surface area is 344 Å². The Morgan fingerprint density at radius 3 is 2.24 bits per heavy atom. The molecule has 318 valence electrons. The zero-order chi connectivity index (χ0) is 42.7. The number of carboxylic acid groups (broad SMARTS) is 1. The van der Waals surface area contributed by atoms with E-state index < -0.39 is 53.6 Å². The molecule has 10 nitrogen and oxygen atoms in total. The van der Waals surface area contributed by atoms with Gasteiger partial charge in [-0.05, 0) is 74.4 Å². The minimum Gasteiger partial charge on any atom is -0.481 e. The number of hydrogen-bond donors (Lipinski definition) is 3. The molecule has 2 amide bonds. The van der Waals surface area contributed by atoms with Gasteiger partial charge in [0.05, 0.1) is 17.5 Å². The van der Waals surface area contributed by atoms with Gasteiger partial charge in [0.25, 0.3) is 5.91 Å². The van der Waals surface area contributed by atoms with Gasteiger partial charge in [-0.3, -0.25) is 24.1 Å². The largest absolute Gasteiger partial charge is 0.481 e. The molecule has 7 atom stereocenters. The molecular formula is C44H59F3N4O6S. The summed E-state index contributed by atoms with van der Waals surface area (Å²) in [5, 5.41) is 25.8. The first-order chi connectivity index (χ1) is 27.4. The highest BCUT2D eigenvalue weighted by atomic mass is 32.1. The van der Waals surface area contributed by atoms with E-state index in [1.54, 1.807) is 0 Å². The predicted molar refractivity (Wildman–Crippen MR) is 218 cm³/mol. The SMILES string of the molecule is CCC(C)C(CC(=O)C1CCCCN1C)C(=O)N(Cc1ccccc1)[C@H](C[C@@H](O)c1nc(C(=O)N[C@@H](Cc2ccc(C(F)(F)F)cc2)C[C@H](C)C(=O)O)cs1)C(C)C. The number of amides is 2. The van der Waals surface area contributed by atoms with Crippen LogP contribution in [0.4, 0.5) is 13.2 Å². The number of halogens is 3. The zero-order valence-electron chi connectivity index (χ0n) is 34.4. The summed E-state index contributed by atoms with van der Waals surface area (Å²) in [5.74, 6) is -3.33. The molecule has 14 heteroatoms. The number of nitrogens with zero attached hydrogens (tertiary/aromatic N) is 3. The number of ketones is 1. The Hall–Kier alpha value is -4.14. The second-order valence-corrected chi connectivity index (χ2v) is 17.2. The maximum atomic E-state index is 14.8. The molecule has 3 N–H and O–H groups in total. The van der Waals surface area contributed by atoms with Crippen LogP contribution < -0.4 is 5.32 Å². The molecule has 1 fully saturated rings. The van der Waals surface area contributed by atoms with Crippen LogP contribution in [0.5, 0.6) is 0 Å². The van der Waals surface area contributed by atoms with E-state index in [1.165, 1.54) is 24.4 Å². The number of piperidine rings is 1. The highest BCUT2D eigenvalue weighted by Gasteiger charge is 2.38. The van der Waals surface area contributed by atoms with Gasteiger partial charge in [0, 0.05) is 42.8 Å². The molecule has 1 aromatic heterocycles. The molecule has 0 spiro atoms. The molecule has 2 heterocycles. The van der Waals surface area contributed by atoms with Crippen LogP contribution in [0.2, 0.25) is 0 Å². The van der Waals surface area contributed by atoms with E-state index >= 15 is 0 Å². The Morgan fingerprint density at radius 1 is 0.983 bits per heavy atom. The smallest absolute Gasteiger partial charge is 0.416 e. The Balaban J connectivity index is 1.56. The number of nitrogens with one attached hydrogen (secondary N) is 1. The van der Waals surface area contributed by atoms with E-state index in [0.717, 1.165) is 54.8 Å². The normalized spacial score (nSPS) is 18.2. The van der Waals surface area contributed by atoms with Crippen molar-refractivity contribution in [2.45, 2.75) is 123 Å². The average molecular weight is 829 g/mol. The number of aliphatic carboxylic acids is 1. The summed E-state index contributed by atoms with van der Waals surface area (Å²) in [6.07, 6.45) is -1.80. The van der Waals surface area contributed by atoms with E-state index in [1.807, 2.05) is 70.0 Å². The molecule has 3 unspecified atom stereocenters. The van der Waals surface area contributed by atoms with Crippen molar-refractivity contribution >= 4 is 34.9 Å². The third-order valence-corrected chi connectivity index (χ3v) is 12.5. The summed E-state index contributed by atoms with van der Waals surface area (Å²) in [4.78, 5) is 62.2. The number of likely N-dealkylation sites (tertiary alicyclic amines) is 1. The number of alkyl halides is 3. The molecule has 1 saturated heterocycles. The Bertz CT molecular complexity index is 1800. The number of aliphatic hydroxyl groups is 1. The van der Waals surface area contributed by atoms with Crippen LogP contribution in [-0.2, 0) is 33.5 Å². The van der Waals surface area contributed by atoms with Gasteiger partial charge < -0.3 is 20.4 Å². The van der Waals surface area contributed by atoms with Crippen molar-refractivity contribution in [3.63, 3.8) is 0 Å². The zero-order valence-corrected chi connectivity index (χ0v) is 35.2. The van der Waals surface area contributed by atoms with Crippen LogP contribution in [0.3, 0.4) is 0 Å². The van der Waals surface area contributed by atoms with Gasteiger partial charge in [-0.15, -0.1) is 11.3 Å². The molecule has 1 aliphatic rings. The van der Waals surface area contributed by atoms with Gasteiger partial charge in [0.15, 0.2) is 5.78 Å². The minimum atomic E-state index is -4.51. The van der Waals surface area contributed by atoms with E-state index in [0.29, 0.717) is 12.0 Å². The predicted octanol–water partition coefficient (Wildman–Crippen LogP) is 8.20. The summed E-state index contributed by atoms with van der Waals surface area (Å²) >= 11 is 1.08. The number of Topliss-reactive ketones (excluding diaryl/α,β-unsaturated/α-hetero) is 1. The van der Waals surface area contributed by atoms with Crippen molar-refractivity contribution in [1.82, 2.24) is 20.1 Å². The van der Waals surface area contributed by atoms with Crippen molar-refractivity contribution in [3.05, 3.63) is 87.4 Å². The van der Waals surface area contributed by atoms with Gasteiger partial charge in [0.2, 0.25) is 5.91 Å². The molecule has 4 rings (SSSR count). The van der Waals surface area contributed by atoms with Crippen molar-refractivity contribution in [1.29, 1.82) is 0 Å². The maximum Gasteiger partial charge on any atom is 0.416 e. The van der Waals surface area contributed by atoms with Crippen molar-refractivity contribution in [2.24, 2.45) is 23.7 Å². The summed E-state index contributed by atoms with van der Waals surface area (Å²) in [6, 6.07) is 12.7. The van der Waals surface area contributed by atoms with Gasteiger partial charge in [-0.2, -0.15) is 13.2 Å². The lowest BCUT2D eigenvalue weighted by molar-refractivity contribution is -0.145. The monoisotopic (exact) mass is 828 g/mol. The van der Waals surface area contributed by atoms with Crippen LogP contribution >= 0.6 is 11.3 Å². The summed E-state index contributed by atoms with van der Waals surface area (Å²) in [6.45, 7) is 10.6. The van der Waals surface area contributed by atoms with Gasteiger partial charge in [-0.25, -0.2) is 4.98 Å². The second-order valence-electron chi connectivity index (χ2n) is 16.3. The number of benzene rings is 2. The lowest BCUT2D eigenvalue weighted by atomic mass is 9.82. The number of thiazole rings is 1. The molecule has 58 heavy (non-hydrogen) atoms. The molecule has 0 saturated carbocycles. The van der Waals surface area contributed by atoms with Gasteiger partial charge >= 0.3 is 12.1 Å². The third kappa shape index (κ3) is 12.9. The molecule has 0 bridgehead atoms. The molecule has 0 aliphatic carbocycles. The highest BCUT2D eigenvalue weighted by Crippen LogP contribution is 2.33. The van der Waals surface area contributed by atoms with E-state index in [4.69, 9.17) is 0 Å². The van der Waals surface area contributed by atoms with E-state index in [9.17, 15) is 42.6 Å². The third-order valence-electron chi connectivity index (χ3n) is 11.5. The van der Waals surface area contributed by atoms with Gasteiger partial charge in [-0.1, -0.05) is 89.9 Å². The lowest BCUT2D eigenvalue weighted by Gasteiger charge is -2.39. The number of aromatic nitrogens is 1. The molecular weight excluding hydrogens is 770 g/mol. The fourth-order valence-electron chi connectivity index (χ4n) is 7.73. The van der Waals surface area contributed by atoms with Crippen molar-refractivity contribution in [3.8, 4) is 0 Å². The fourth-order valence-corrected chi connectivity index (χ4v) is 8.53. The van der Waals surface area contributed by atoms with Crippen LogP contribution in [0.15, 0.2) is 60.0 Å². The van der Waals surface area contributed by atoms with Gasteiger partial charge in [0.1, 0.15) is 16.8 Å². The number of carboxylic acids is 1. The van der Waals surface area contributed by atoms with Crippen LogP contribution in [0.25, 0.3) is 0 Å². The van der Waals surface area contributed by atoms with Crippen LogP contribution in [0, 0.1) is 23.7 Å². The van der Waals surface area contributed by atoms with Crippen LogP contribution in [-0.4, -0.2) is 80.3 Å². The number of rotatable bonds is 20. The number of carbonyl (C=O) groups is 4. The topological polar surface area (TPSA) is 140 Å². The van der Waals surface area contributed by atoms with Crippen molar-refractivity contribution in [2.75, 3.05) is 13.6 Å². The molecule has 1 aliphatic heterocycles. The molecule has 0 radical (unpaired) electrons. The first-order valence-corrected chi connectivity index (χ1v) is 21.2. The molecule has 3 aromatic rings. The Morgan fingerprint density at radius 2 is 1.66 bits per heavy atom. The number of carbonyl (C=O) groups excluding carboxylic acids is 3. The quantitative estimate of drug-likeness (QED) is 0.104. The lowest BCUT2D eigenvalue weighted by Crippen LogP contribution is -2.49. The number of aliphatic hydroxyl groups excluding tert-OH is 1. The van der Waals surface area contributed by atoms with Crippen molar-refractivity contribution < 1.29 is 42.6 Å². The minimum absolute atomic E-state index is 0.000732. The maximum absolute atomic E-state index is 14.8. The first kappa shape index (κ1) is 46.5. The number of likely N-dealkylation sites (N-methyl/N-ethyl adjacent to an activating group) is 1. The Kier molecular flexibility index (Phi) is 17.0. The van der Waals surface area contributed by atoms with Crippen LogP contribution in [0.1, 0.15) is 118 Å². The molecule has 2 aromatic carbocycles. The number of hydrogen-bond acceptors (Lipinski definition) is 8. The summed E-state index contributed by atoms with van der Waals surface area (Å²) < 4.78 is 39.4.